The largest absolute Gasteiger partial charge is 0.480 e. The lowest BCUT2D eigenvalue weighted by Crippen LogP contribution is -2.49. The number of hydrogen-bond donors (Lipinski definition) is 2. The Hall–Kier alpha value is -0.800. The molecule has 0 aromatic rings. The van der Waals surface area contributed by atoms with Crippen LogP contribution in [0.3, 0.4) is 0 Å². The third-order valence-corrected chi connectivity index (χ3v) is 5.96. The maximum Gasteiger partial charge on any atom is 0.327 e. The normalized spacial score (nSPS) is 30.2. The Bertz CT molecular complexity index is 478. The van der Waals surface area contributed by atoms with Gasteiger partial charge >= 0.3 is 5.97 Å². The summed E-state index contributed by atoms with van der Waals surface area (Å²) in [7, 11) is -3.09. The quantitative estimate of drug-likeness (QED) is 0.671. The van der Waals surface area contributed by atoms with E-state index < -0.39 is 27.9 Å². The first-order chi connectivity index (χ1) is 8.89. The molecule has 2 heterocycles. The van der Waals surface area contributed by atoms with E-state index in [1.807, 2.05) is 0 Å². The number of rotatable bonds is 3. The summed E-state index contributed by atoms with van der Waals surface area (Å²) in [6.45, 7) is 0.345. The van der Waals surface area contributed by atoms with Gasteiger partial charge < -0.3 is 15.3 Å². The van der Waals surface area contributed by atoms with Crippen molar-refractivity contribution >= 4 is 33.5 Å². The predicted octanol–water partition coefficient (Wildman–Crippen LogP) is -1.25. The van der Waals surface area contributed by atoms with E-state index in [0.717, 1.165) is 0 Å². The Balaban J connectivity index is 1.95. The topological polar surface area (TPSA) is 104 Å². The zero-order chi connectivity index (χ0) is 14.0. The Morgan fingerprint density at radius 2 is 2.16 bits per heavy atom. The molecule has 0 aromatic heterocycles. The van der Waals surface area contributed by atoms with Gasteiger partial charge in [0.05, 0.1) is 17.4 Å². The van der Waals surface area contributed by atoms with E-state index in [-0.39, 0.29) is 23.8 Å². The van der Waals surface area contributed by atoms with Gasteiger partial charge in [-0.2, -0.15) is 0 Å². The SMILES string of the molecule is O=C(O)C1CSCN1C(=O)CC1CS(=O)(=O)CCN1. The smallest absolute Gasteiger partial charge is 0.327 e. The van der Waals surface area contributed by atoms with E-state index in [2.05, 4.69) is 5.32 Å². The maximum atomic E-state index is 12.1. The van der Waals surface area contributed by atoms with Crippen LogP contribution in [0.2, 0.25) is 0 Å². The molecule has 1 amide bonds. The summed E-state index contributed by atoms with van der Waals surface area (Å²) < 4.78 is 22.9. The van der Waals surface area contributed by atoms with Crippen LogP contribution in [0.15, 0.2) is 0 Å². The number of nitrogens with one attached hydrogen (secondary N) is 1. The Kier molecular flexibility index (Phi) is 4.36. The fourth-order valence-corrected chi connectivity index (χ4v) is 4.84. The van der Waals surface area contributed by atoms with Gasteiger partial charge in [-0.15, -0.1) is 11.8 Å². The molecule has 2 rings (SSSR count). The molecule has 2 unspecified atom stereocenters. The average molecular weight is 308 g/mol. The lowest BCUT2D eigenvalue weighted by atomic mass is 10.2. The van der Waals surface area contributed by atoms with E-state index in [9.17, 15) is 18.0 Å². The van der Waals surface area contributed by atoms with Gasteiger partial charge in [-0.05, 0) is 0 Å². The van der Waals surface area contributed by atoms with Crippen molar-refractivity contribution in [2.75, 3.05) is 29.7 Å². The number of carbonyl (C=O) groups excluding carboxylic acids is 1. The molecule has 0 spiro atoms. The van der Waals surface area contributed by atoms with Crippen LogP contribution in [0, 0.1) is 0 Å². The highest BCUT2D eigenvalue weighted by Crippen LogP contribution is 2.22. The van der Waals surface area contributed by atoms with E-state index in [0.29, 0.717) is 18.2 Å². The average Bonchev–Trinajstić information content (AvgIpc) is 2.76. The lowest BCUT2D eigenvalue weighted by Gasteiger charge is -2.26. The Morgan fingerprint density at radius 3 is 2.79 bits per heavy atom. The number of aliphatic carboxylic acids is 1. The molecule has 2 aliphatic heterocycles. The molecule has 19 heavy (non-hydrogen) atoms. The van der Waals surface area contributed by atoms with E-state index >= 15 is 0 Å². The summed E-state index contributed by atoms with van der Waals surface area (Å²) in [5, 5.41) is 12.0. The van der Waals surface area contributed by atoms with Gasteiger partial charge in [0.2, 0.25) is 5.91 Å². The molecule has 0 saturated carbocycles. The summed E-state index contributed by atoms with van der Waals surface area (Å²) in [6, 6.07) is -1.20. The van der Waals surface area contributed by atoms with Crippen LogP contribution in [0.1, 0.15) is 6.42 Å². The minimum atomic E-state index is -3.09. The summed E-state index contributed by atoms with van der Waals surface area (Å²) in [5.74, 6) is -0.534. The van der Waals surface area contributed by atoms with Gasteiger partial charge in [0.25, 0.3) is 0 Å². The van der Waals surface area contributed by atoms with Gasteiger partial charge in [0, 0.05) is 24.8 Å². The molecular weight excluding hydrogens is 292 g/mol. The van der Waals surface area contributed by atoms with Crippen LogP contribution in [0.4, 0.5) is 0 Å². The Morgan fingerprint density at radius 1 is 1.42 bits per heavy atom. The third kappa shape index (κ3) is 3.61. The highest BCUT2D eigenvalue weighted by Gasteiger charge is 2.36. The van der Waals surface area contributed by atoms with E-state index in [1.165, 1.54) is 16.7 Å². The van der Waals surface area contributed by atoms with E-state index in [4.69, 9.17) is 5.11 Å². The van der Waals surface area contributed by atoms with Crippen LogP contribution >= 0.6 is 11.8 Å². The number of hydrogen-bond acceptors (Lipinski definition) is 6. The van der Waals surface area contributed by atoms with Crippen molar-refractivity contribution in [1.29, 1.82) is 0 Å². The number of amides is 1. The second-order valence-electron chi connectivity index (χ2n) is 4.69. The number of carboxylic acids is 1. The molecule has 7 nitrogen and oxygen atoms in total. The van der Waals surface area contributed by atoms with Crippen molar-refractivity contribution < 1.29 is 23.1 Å². The zero-order valence-electron chi connectivity index (χ0n) is 10.2. The van der Waals surface area contributed by atoms with E-state index in [1.54, 1.807) is 0 Å². The molecule has 2 saturated heterocycles. The molecule has 0 bridgehead atoms. The standard InChI is InChI=1S/C10H16N2O5S2/c13-9(12-6-18-4-8(12)10(14)15)3-7-5-19(16,17)2-1-11-7/h7-8,11H,1-6H2,(H,14,15). The van der Waals surface area contributed by atoms with Crippen LogP contribution in [-0.2, 0) is 19.4 Å². The van der Waals surface area contributed by atoms with Gasteiger partial charge in [0.15, 0.2) is 9.84 Å². The van der Waals surface area contributed by atoms with Crippen molar-refractivity contribution in [3.05, 3.63) is 0 Å². The minimum Gasteiger partial charge on any atom is -0.480 e. The molecular formula is C10H16N2O5S2. The molecule has 9 heteroatoms. The highest BCUT2D eigenvalue weighted by molar-refractivity contribution is 7.99. The molecule has 2 aliphatic rings. The summed E-state index contributed by atoms with van der Waals surface area (Å²) in [4.78, 5) is 24.4. The second-order valence-corrected chi connectivity index (χ2v) is 7.92. The van der Waals surface area contributed by atoms with Gasteiger partial charge in [-0.25, -0.2) is 13.2 Å². The van der Waals surface area contributed by atoms with Gasteiger partial charge in [0.1, 0.15) is 6.04 Å². The molecule has 2 N–H and O–H groups in total. The van der Waals surface area contributed by atoms with Crippen molar-refractivity contribution in [3.63, 3.8) is 0 Å². The first-order valence-corrected chi connectivity index (χ1v) is 8.90. The van der Waals surface area contributed by atoms with Crippen LogP contribution in [-0.4, -0.2) is 72.1 Å². The molecule has 0 aromatic carbocycles. The fourth-order valence-electron chi connectivity index (χ4n) is 2.22. The number of nitrogens with zero attached hydrogens (tertiary/aromatic N) is 1. The molecule has 0 aliphatic carbocycles. The highest BCUT2D eigenvalue weighted by atomic mass is 32.2. The van der Waals surface area contributed by atoms with Crippen molar-refractivity contribution in [1.82, 2.24) is 10.2 Å². The number of carboxylic acid groups (broad SMARTS) is 1. The predicted molar refractivity (Wildman–Crippen MR) is 70.7 cm³/mol. The third-order valence-electron chi connectivity index (χ3n) is 3.21. The van der Waals surface area contributed by atoms with Crippen LogP contribution < -0.4 is 5.32 Å². The minimum absolute atomic E-state index is 0.0313. The summed E-state index contributed by atoms with van der Waals surface area (Å²) in [6.07, 6.45) is 0.0313. The van der Waals surface area contributed by atoms with Crippen molar-refractivity contribution in [2.45, 2.75) is 18.5 Å². The maximum absolute atomic E-state index is 12.1. The van der Waals surface area contributed by atoms with Crippen LogP contribution in [0.5, 0.6) is 0 Å². The lowest BCUT2D eigenvalue weighted by molar-refractivity contribution is -0.147. The molecule has 2 fully saturated rings. The number of sulfone groups is 1. The second kappa shape index (κ2) is 5.68. The number of thioether (sulfide) groups is 1. The summed E-state index contributed by atoms with van der Waals surface area (Å²) >= 11 is 1.39. The zero-order valence-corrected chi connectivity index (χ0v) is 11.9. The molecule has 2 atom stereocenters. The van der Waals surface area contributed by atoms with Gasteiger partial charge in [-0.1, -0.05) is 0 Å². The van der Waals surface area contributed by atoms with Crippen molar-refractivity contribution in [2.24, 2.45) is 0 Å². The first kappa shape index (κ1) is 14.6. The van der Waals surface area contributed by atoms with Crippen molar-refractivity contribution in [3.8, 4) is 0 Å². The Labute approximate surface area is 115 Å². The molecule has 0 radical (unpaired) electrons. The summed E-state index contributed by atoms with van der Waals surface area (Å²) in [5.41, 5.74) is 0. The molecule has 108 valence electrons. The number of carbonyl (C=O) groups is 2. The monoisotopic (exact) mass is 308 g/mol. The van der Waals surface area contributed by atoms with Crippen LogP contribution in [0.25, 0.3) is 0 Å². The fraction of sp³-hybridized carbons (Fsp3) is 0.800. The first-order valence-electron chi connectivity index (χ1n) is 5.93. The van der Waals surface area contributed by atoms with Gasteiger partial charge in [-0.3, -0.25) is 4.79 Å².